The van der Waals surface area contributed by atoms with Crippen molar-refractivity contribution in [2.75, 3.05) is 0 Å². The Morgan fingerprint density at radius 3 is 2.56 bits per heavy atom. The van der Waals surface area contributed by atoms with Gasteiger partial charge in [-0.1, -0.05) is 42.7 Å². The van der Waals surface area contributed by atoms with Gasteiger partial charge in [-0.25, -0.2) is 4.68 Å². The van der Waals surface area contributed by atoms with E-state index in [2.05, 4.69) is 15.6 Å². The molecule has 2 heterocycles. The van der Waals surface area contributed by atoms with E-state index in [-0.39, 0.29) is 36.3 Å². The molecular weight excluding hydrogens is 451 g/mol. The van der Waals surface area contributed by atoms with Crippen LogP contribution in [0, 0.1) is 6.92 Å². The van der Waals surface area contributed by atoms with Gasteiger partial charge in [0.05, 0.1) is 23.8 Å². The molecule has 11 heteroatoms. The average molecular weight is 475 g/mol. The fourth-order valence-corrected chi connectivity index (χ4v) is 4.45. The average Bonchev–Trinajstić information content (AvgIpc) is 3.23. The van der Waals surface area contributed by atoms with Crippen LogP contribution in [0.25, 0.3) is 10.9 Å². The van der Waals surface area contributed by atoms with E-state index < -0.39 is 23.1 Å². The number of fused-ring (bicyclic) bond motifs is 1. The highest BCUT2D eigenvalue weighted by Gasteiger charge is 2.42. The summed E-state index contributed by atoms with van der Waals surface area (Å²) in [5.41, 5.74) is -1.35. The number of amides is 1. The predicted octanol–water partition coefficient (Wildman–Crippen LogP) is 3.14. The maximum atomic E-state index is 13.2. The van der Waals surface area contributed by atoms with Gasteiger partial charge in [-0.2, -0.15) is 13.2 Å². The van der Waals surface area contributed by atoms with Gasteiger partial charge in [0.1, 0.15) is 12.2 Å². The van der Waals surface area contributed by atoms with Crippen molar-refractivity contribution >= 4 is 22.6 Å². The molecule has 1 aliphatic rings. The molecule has 0 unspecified atom stereocenters. The molecule has 8 nitrogen and oxygen atoms in total. The Hall–Kier alpha value is -3.50. The second-order valence-electron chi connectivity index (χ2n) is 8.55. The third-order valence-corrected chi connectivity index (χ3v) is 6.10. The summed E-state index contributed by atoms with van der Waals surface area (Å²) in [5, 5.41) is 11.2. The third kappa shape index (κ3) is 4.87. The van der Waals surface area contributed by atoms with Crippen molar-refractivity contribution in [2.24, 2.45) is 0 Å². The van der Waals surface area contributed by atoms with Crippen LogP contribution in [0.4, 0.5) is 13.2 Å². The Bertz CT molecular complexity index is 1290. The highest BCUT2D eigenvalue weighted by Crippen LogP contribution is 2.26. The number of hydrogen-bond acceptors (Lipinski definition) is 5. The summed E-state index contributed by atoms with van der Waals surface area (Å²) in [6.45, 7) is 1.06. The van der Waals surface area contributed by atoms with E-state index in [1.165, 1.54) is 24.2 Å². The van der Waals surface area contributed by atoms with E-state index in [0.29, 0.717) is 10.9 Å². The number of carbonyl (C=O) groups excluding carboxylic acids is 2. The number of alkyl halides is 3. The van der Waals surface area contributed by atoms with Gasteiger partial charge in [0, 0.05) is 11.4 Å². The zero-order valence-corrected chi connectivity index (χ0v) is 18.6. The summed E-state index contributed by atoms with van der Waals surface area (Å²) in [6, 6.07) is 6.56. The molecule has 0 atom stereocenters. The zero-order chi connectivity index (χ0) is 24.5. The molecule has 180 valence electrons. The van der Waals surface area contributed by atoms with Crippen LogP contribution >= 0.6 is 0 Å². The first-order chi connectivity index (χ1) is 16.1. The lowest BCUT2D eigenvalue weighted by atomic mass is 9.95. The normalized spacial score (nSPS) is 14.9. The number of Topliss-reactive ketones (excluding diaryl/α,β-unsaturated/α-hetero) is 1. The fraction of sp³-hybridized carbons (Fsp3) is 0.435. The van der Waals surface area contributed by atoms with E-state index in [4.69, 9.17) is 0 Å². The fourth-order valence-electron chi connectivity index (χ4n) is 4.45. The summed E-state index contributed by atoms with van der Waals surface area (Å²) in [5.74, 6) is -2.39. The minimum atomic E-state index is -5.18. The van der Waals surface area contributed by atoms with Crippen LogP contribution < -0.4 is 10.9 Å². The molecule has 0 saturated heterocycles. The number of nitrogens with zero attached hydrogens (tertiary/aromatic N) is 4. The molecule has 1 saturated carbocycles. The highest BCUT2D eigenvalue weighted by molar-refractivity contribution is 6.04. The topological polar surface area (TPSA) is 98.9 Å². The van der Waals surface area contributed by atoms with Gasteiger partial charge in [-0.05, 0) is 31.4 Å². The second-order valence-corrected chi connectivity index (χ2v) is 8.55. The number of hydrogen-bond donors (Lipinski definition) is 1. The third-order valence-electron chi connectivity index (χ3n) is 6.10. The molecule has 0 bridgehead atoms. The van der Waals surface area contributed by atoms with E-state index in [9.17, 15) is 27.6 Å². The second kappa shape index (κ2) is 9.40. The maximum absolute atomic E-state index is 13.2. The first-order valence-corrected chi connectivity index (χ1v) is 11.1. The number of nitrogens with one attached hydrogen (secondary N) is 1. The summed E-state index contributed by atoms with van der Waals surface area (Å²) in [4.78, 5) is 37.4. The summed E-state index contributed by atoms with van der Waals surface area (Å²) >= 11 is 0. The number of halogens is 3. The SMILES string of the molecule is Cc1c(C(=O)C(F)(F)F)c(=O)n(Cc2cn(CC(=O)NC3CCCCC3)nn2)c2ccccc12. The Morgan fingerprint density at radius 2 is 1.85 bits per heavy atom. The molecule has 2 aromatic heterocycles. The number of pyridine rings is 1. The Labute approximate surface area is 192 Å². The van der Waals surface area contributed by atoms with Crippen LogP contribution in [-0.4, -0.2) is 43.5 Å². The molecule has 1 fully saturated rings. The molecular formula is C23H24F3N5O3. The smallest absolute Gasteiger partial charge is 0.352 e. The minimum absolute atomic E-state index is 0.0257. The Balaban J connectivity index is 1.61. The van der Waals surface area contributed by atoms with Crippen molar-refractivity contribution in [1.29, 1.82) is 0 Å². The number of aromatic nitrogens is 4. The van der Waals surface area contributed by atoms with Crippen LogP contribution in [0.5, 0.6) is 0 Å². The van der Waals surface area contributed by atoms with Crippen LogP contribution in [0.1, 0.15) is 53.7 Å². The quantitative estimate of drug-likeness (QED) is 0.553. The van der Waals surface area contributed by atoms with E-state index in [1.807, 2.05) is 0 Å². The molecule has 0 radical (unpaired) electrons. The van der Waals surface area contributed by atoms with Crippen molar-refractivity contribution in [1.82, 2.24) is 24.9 Å². The van der Waals surface area contributed by atoms with Crippen molar-refractivity contribution < 1.29 is 22.8 Å². The van der Waals surface area contributed by atoms with Crippen molar-refractivity contribution in [3.8, 4) is 0 Å². The highest BCUT2D eigenvalue weighted by atomic mass is 19.4. The number of benzene rings is 1. The van der Waals surface area contributed by atoms with Crippen molar-refractivity contribution in [2.45, 2.75) is 64.3 Å². The summed E-state index contributed by atoms with van der Waals surface area (Å²) in [7, 11) is 0. The molecule has 1 aliphatic carbocycles. The van der Waals surface area contributed by atoms with Gasteiger partial charge in [0.15, 0.2) is 0 Å². The molecule has 1 amide bonds. The largest absolute Gasteiger partial charge is 0.455 e. The molecule has 0 spiro atoms. The lowest BCUT2D eigenvalue weighted by molar-refractivity contribution is -0.122. The summed E-state index contributed by atoms with van der Waals surface area (Å²) in [6.07, 6.45) is 1.49. The van der Waals surface area contributed by atoms with E-state index >= 15 is 0 Å². The lowest BCUT2D eigenvalue weighted by Crippen LogP contribution is -2.38. The number of carbonyl (C=O) groups is 2. The van der Waals surface area contributed by atoms with E-state index in [1.54, 1.807) is 24.3 Å². The van der Waals surface area contributed by atoms with Gasteiger partial charge in [-0.3, -0.25) is 14.4 Å². The molecule has 1 N–H and O–H groups in total. The number of ketones is 1. The van der Waals surface area contributed by atoms with Crippen LogP contribution in [0.2, 0.25) is 0 Å². The van der Waals surface area contributed by atoms with E-state index in [0.717, 1.165) is 30.3 Å². The summed E-state index contributed by atoms with van der Waals surface area (Å²) < 4.78 is 42.0. The molecule has 34 heavy (non-hydrogen) atoms. The molecule has 3 aromatic rings. The molecule has 1 aromatic carbocycles. The number of aryl methyl sites for hydroxylation is 1. The zero-order valence-electron chi connectivity index (χ0n) is 18.6. The number of rotatable bonds is 6. The van der Waals surface area contributed by atoms with Crippen molar-refractivity contribution in [3.05, 3.63) is 57.6 Å². The first kappa shape index (κ1) is 23.7. The van der Waals surface area contributed by atoms with Crippen LogP contribution in [0.15, 0.2) is 35.3 Å². The standard InChI is InChI=1S/C23H24F3N5O3/c1-14-17-9-5-6-10-18(17)31(22(34)20(14)21(33)23(24,25)26)12-16-11-30(29-28-16)13-19(32)27-15-7-3-2-4-8-15/h5-6,9-11,15H,2-4,7-8,12-13H2,1H3,(H,27,32). The first-order valence-electron chi connectivity index (χ1n) is 11.1. The van der Waals surface area contributed by atoms with Gasteiger partial charge in [-0.15, -0.1) is 5.10 Å². The van der Waals surface area contributed by atoms with Crippen LogP contribution in [-0.2, 0) is 17.9 Å². The van der Waals surface area contributed by atoms with Crippen molar-refractivity contribution in [3.63, 3.8) is 0 Å². The Morgan fingerprint density at radius 1 is 1.15 bits per heavy atom. The molecule has 4 rings (SSSR count). The van der Waals surface area contributed by atoms with Crippen LogP contribution in [0.3, 0.4) is 0 Å². The number of para-hydroxylation sites is 1. The maximum Gasteiger partial charge on any atom is 0.455 e. The Kier molecular flexibility index (Phi) is 6.54. The van der Waals surface area contributed by atoms with Gasteiger partial charge in [0.25, 0.3) is 11.3 Å². The molecule has 0 aliphatic heterocycles. The minimum Gasteiger partial charge on any atom is -0.352 e. The van der Waals surface area contributed by atoms with Gasteiger partial charge in [0.2, 0.25) is 5.91 Å². The predicted molar refractivity (Wildman–Crippen MR) is 117 cm³/mol. The van der Waals surface area contributed by atoms with Gasteiger partial charge >= 0.3 is 6.18 Å². The van der Waals surface area contributed by atoms with Gasteiger partial charge < -0.3 is 9.88 Å². The lowest BCUT2D eigenvalue weighted by Gasteiger charge is -2.22. The monoisotopic (exact) mass is 475 g/mol.